The third kappa shape index (κ3) is 1.02. The molecule has 3 N–H and O–H groups in total. The molecule has 12 heavy (non-hydrogen) atoms. The van der Waals surface area contributed by atoms with Crippen LogP contribution in [-0.4, -0.2) is 6.54 Å². The van der Waals surface area contributed by atoms with Gasteiger partial charge in [0.25, 0.3) is 0 Å². The predicted molar refractivity (Wildman–Crippen MR) is 47.6 cm³/mol. The third-order valence-electron chi connectivity index (χ3n) is 2.19. The molecule has 0 atom stereocenters. The van der Waals surface area contributed by atoms with Crippen LogP contribution >= 0.6 is 0 Å². The summed E-state index contributed by atoms with van der Waals surface area (Å²) in [4.78, 5) is 0. The van der Waals surface area contributed by atoms with Crippen LogP contribution in [0, 0.1) is 5.82 Å². The molecule has 3 heteroatoms. The summed E-state index contributed by atoms with van der Waals surface area (Å²) in [5.74, 6) is -0.250. The van der Waals surface area contributed by atoms with Crippen LogP contribution in [0.1, 0.15) is 12.0 Å². The minimum absolute atomic E-state index is 0.248. The van der Waals surface area contributed by atoms with Crippen molar-refractivity contribution in [3.05, 3.63) is 23.5 Å². The van der Waals surface area contributed by atoms with Gasteiger partial charge in [0, 0.05) is 17.8 Å². The predicted octanol–water partition coefficient (Wildman–Crippen LogP) is 1.77. The van der Waals surface area contributed by atoms with Gasteiger partial charge in [-0.05, 0) is 25.0 Å². The fraction of sp³-hybridized carbons (Fsp3) is 0.333. The van der Waals surface area contributed by atoms with E-state index in [1.54, 1.807) is 6.07 Å². The van der Waals surface area contributed by atoms with Gasteiger partial charge in [0.2, 0.25) is 0 Å². The molecule has 0 unspecified atom stereocenters. The van der Waals surface area contributed by atoms with E-state index in [0.29, 0.717) is 0 Å². The monoisotopic (exact) mass is 166 g/mol. The highest BCUT2D eigenvalue weighted by molar-refractivity contribution is 5.60. The van der Waals surface area contributed by atoms with Crippen LogP contribution < -0.4 is 11.1 Å². The number of hydrogen-bond acceptors (Lipinski definition) is 2. The Bertz CT molecular complexity index is 310. The lowest BCUT2D eigenvalue weighted by molar-refractivity contribution is 0.607. The fourth-order valence-electron chi connectivity index (χ4n) is 1.54. The summed E-state index contributed by atoms with van der Waals surface area (Å²) >= 11 is 0. The highest BCUT2D eigenvalue weighted by Gasteiger charge is 2.14. The van der Waals surface area contributed by atoms with Gasteiger partial charge in [-0.2, -0.15) is 0 Å². The number of nitrogens with one attached hydrogen (secondary N) is 1. The number of hydrogen-bond donors (Lipinski definition) is 2. The molecule has 1 aliphatic heterocycles. The molecule has 0 bridgehead atoms. The summed E-state index contributed by atoms with van der Waals surface area (Å²) in [5, 5.41) is 3.14. The lowest BCUT2D eigenvalue weighted by Gasteiger charge is -2.18. The molecular weight excluding hydrogens is 155 g/mol. The zero-order valence-corrected chi connectivity index (χ0v) is 6.73. The van der Waals surface area contributed by atoms with Crippen molar-refractivity contribution >= 4 is 11.4 Å². The first-order valence-electron chi connectivity index (χ1n) is 4.10. The lowest BCUT2D eigenvalue weighted by Crippen LogP contribution is -2.13. The summed E-state index contributed by atoms with van der Waals surface area (Å²) in [7, 11) is 0. The van der Waals surface area contributed by atoms with Gasteiger partial charge in [-0.25, -0.2) is 4.39 Å². The second kappa shape index (κ2) is 2.66. The van der Waals surface area contributed by atoms with Crippen molar-refractivity contribution in [3.8, 4) is 0 Å². The molecule has 1 aromatic carbocycles. The molecule has 1 heterocycles. The van der Waals surface area contributed by atoms with Gasteiger partial charge in [-0.1, -0.05) is 0 Å². The largest absolute Gasteiger partial charge is 0.396 e. The summed E-state index contributed by atoms with van der Waals surface area (Å²) in [6.07, 6.45) is 1.77. The van der Waals surface area contributed by atoms with E-state index < -0.39 is 0 Å². The van der Waals surface area contributed by atoms with Crippen molar-refractivity contribution in [2.45, 2.75) is 12.8 Å². The smallest absolute Gasteiger partial charge is 0.151 e. The van der Waals surface area contributed by atoms with Gasteiger partial charge in [-0.15, -0.1) is 0 Å². The van der Waals surface area contributed by atoms with Crippen LogP contribution in [0.4, 0.5) is 15.8 Å². The number of fused-ring (bicyclic) bond motifs is 1. The fourth-order valence-corrected chi connectivity index (χ4v) is 1.54. The van der Waals surface area contributed by atoms with E-state index in [2.05, 4.69) is 5.32 Å². The van der Waals surface area contributed by atoms with Gasteiger partial charge >= 0.3 is 0 Å². The van der Waals surface area contributed by atoms with Gasteiger partial charge in [-0.3, -0.25) is 0 Å². The molecule has 0 fully saturated rings. The van der Waals surface area contributed by atoms with E-state index in [4.69, 9.17) is 5.73 Å². The number of benzene rings is 1. The molecular formula is C9H11FN2. The Balaban J connectivity index is 2.54. The van der Waals surface area contributed by atoms with Crippen molar-refractivity contribution < 1.29 is 4.39 Å². The van der Waals surface area contributed by atoms with E-state index in [1.807, 2.05) is 6.07 Å². The minimum Gasteiger partial charge on any atom is -0.396 e. The van der Waals surface area contributed by atoms with Crippen LogP contribution in [0.3, 0.4) is 0 Å². The van der Waals surface area contributed by atoms with E-state index >= 15 is 0 Å². The zero-order valence-electron chi connectivity index (χ0n) is 6.73. The normalized spacial score (nSPS) is 15.1. The molecule has 64 valence electrons. The topological polar surface area (TPSA) is 38.0 Å². The highest BCUT2D eigenvalue weighted by atomic mass is 19.1. The summed E-state index contributed by atoms with van der Waals surface area (Å²) in [6, 6.07) is 3.44. The first-order chi connectivity index (χ1) is 5.79. The quantitative estimate of drug-likeness (QED) is 0.576. The first kappa shape index (κ1) is 7.40. The summed E-state index contributed by atoms with van der Waals surface area (Å²) < 4.78 is 13.3. The van der Waals surface area contributed by atoms with Crippen LogP contribution in [0.5, 0.6) is 0 Å². The number of halogens is 1. The molecule has 0 saturated carbocycles. The van der Waals surface area contributed by atoms with Crippen molar-refractivity contribution in [1.82, 2.24) is 0 Å². The Morgan fingerprint density at radius 3 is 3.08 bits per heavy atom. The lowest BCUT2D eigenvalue weighted by atomic mass is 10.0. The molecule has 2 nitrogen and oxygen atoms in total. The Morgan fingerprint density at radius 1 is 1.42 bits per heavy atom. The number of anilines is 2. The summed E-state index contributed by atoms with van der Waals surface area (Å²) in [6.45, 7) is 0.927. The average molecular weight is 166 g/mol. The molecule has 0 amide bonds. The zero-order chi connectivity index (χ0) is 8.55. The standard InChI is InChI=1S/C9H11FN2/c10-9-6-2-1-5-12-8(6)4-3-7(9)11/h3-4,12H,1-2,5,11H2. The highest BCUT2D eigenvalue weighted by Crippen LogP contribution is 2.27. The van der Waals surface area contributed by atoms with Crippen molar-refractivity contribution in [2.24, 2.45) is 0 Å². The van der Waals surface area contributed by atoms with Gasteiger partial charge in [0.05, 0.1) is 5.69 Å². The van der Waals surface area contributed by atoms with Crippen LogP contribution in [0.15, 0.2) is 12.1 Å². The van der Waals surface area contributed by atoms with Crippen LogP contribution in [0.2, 0.25) is 0 Å². The molecule has 0 saturated heterocycles. The number of nitrogen functional groups attached to an aromatic ring is 1. The summed E-state index contributed by atoms with van der Waals surface area (Å²) in [5.41, 5.74) is 7.32. The molecule has 2 rings (SSSR count). The molecule has 0 aliphatic carbocycles. The van der Waals surface area contributed by atoms with E-state index in [1.165, 1.54) is 0 Å². The van der Waals surface area contributed by atoms with E-state index in [0.717, 1.165) is 30.6 Å². The Kier molecular flexibility index (Phi) is 1.64. The third-order valence-corrected chi connectivity index (χ3v) is 2.19. The molecule has 0 radical (unpaired) electrons. The average Bonchev–Trinajstić information content (AvgIpc) is 2.12. The minimum atomic E-state index is -0.250. The Morgan fingerprint density at radius 2 is 2.25 bits per heavy atom. The SMILES string of the molecule is Nc1ccc2c(c1F)CCCN2. The van der Waals surface area contributed by atoms with Crippen LogP contribution in [-0.2, 0) is 6.42 Å². The number of rotatable bonds is 0. The van der Waals surface area contributed by atoms with E-state index in [9.17, 15) is 4.39 Å². The van der Waals surface area contributed by atoms with Crippen LogP contribution in [0.25, 0.3) is 0 Å². The maximum absolute atomic E-state index is 13.3. The molecule has 1 aliphatic rings. The van der Waals surface area contributed by atoms with Gasteiger partial charge in [0.1, 0.15) is 0 Å². The molecule has 0 spiro atoms. The van der Waals surface area contributed by atoms with Crippen molar-refractivity contribution in [2.75, 3.05) is 17.6 Å². The number of nitrogens with two attached hydrogens (primary N) is 1. The van der Waals surface area contributed by atoms with Gasteiger partial charge < -0.3 is 11.1 Å². The molecule has 1 aromatic rings. The van der Waals surface area contributed by atoms with E-state index in [-0.39, 0.29) is 11.5 Å². The maximum Gasteiger partial charge on any atom is 0.151 e. The van der Waals surface area contributed by atoms with Crippen molar-refractivity contribution in [1.29, 1.82) is 0 Å². The first-order valence-corrected chi connectivity index (χ1v) is 4.10. The Labute approximate surface area is 70.6 Å². The second-order valence-corrected chi connectivity index (χ2v) is 3.03. The molecule has 0 aromatic heterocycles. The second-order valence-electron chi connectivity index (χ2n) is 3.03. The maximum atomic E-state index is 13.3. The Hall–Kier alpha value is -1.25. The van der Waals surface area contributed by atoms with Crippen molar-refractivity contribution in [3.63, 3.8) is 0 Å². The van der Waals surface area contributed by atoms with Gasteiger partial charge in [0.15, 0.2) is 5.82 Å².